The van der Waals surface area contributed by atoms with Crippen molar-refractivity contribution in [3.05, 3.63) is 77.1 Å². The van der Waals surface area contributed by atoms with Crippen LogP contribution in [0.1, 0.15) is 21.8 Å². The molecule has 30 heavy (non-hydrogen) atoms. The molecule has 0 aliphatic heterocycles. The molecule has 0 atom stereocenters. The second-order valence-electron chi connectivity index (χ2n) is 7.17. The zero-order valence-corrected chi connectivity index (χ0v) is 17.7. The number of aryl methyl sites for hydroxylation is 1. The number of nitrogens with zero attached hydrogens (tertiary/aromatic N) is 3. The molecule has 0 saturated heterocycles. The van der Waals surface area contributed by atoms with Crippen molar-refractivity contribution in [3.63, 3.8) is 0 Å². The highest BCUT2D eigenvalue weighted by molar-refractivity contribution is 7.20. The zero-order valence-electron chi connectivity index (χ0n) is 16.9. The zero-order chi connectivity index (χ0) is 21.1. The first-order valence-electron chi connectivity index (χ1n) is 9.82. The Morgan fingerprint density at radius 1 is 1.17 bits per heavy atom. The van der Waals surface area contributed by atoms with Gasteiger partial charge in [-0.15, -0.1) is 11.3 Å². The monoisotopic (exact) mass is 422 g/mol. The average molecular weight is 423 g/mol. The Morgan fingerprint density at radius 3 is 2.63 bits per heavy atom. The number of hydrogen-bond acceptors (Lipinski definition) is 4. The van der Waals surface area contributed by atoms with E-state index in [4.69, 9.17) is 0 Å². The molecular weight excluding hydrogens is 399 g/mol. The lowest BCUT2D eigenvalue weighted by atomic mass is 10.3. The fraction of sp³-hybridized carbons (Fsp3) is 0.217. The fourth-order valence-electron chi connectivity index (χ4n) is 3.33. The molecule has 0 radical (unpaired) electrons. The van der Waals surface area contributed by atoms with Crippen LogP contribution in [0.2, 0.25) is 0 Å². The molecule has 4 rings (SSSR count). The molecule has 5 nitrogen and oxygen atoms in total. The standard InChI is InChI=1S/C23H23FN4OS/c1-16-20-15-21(30-23(20)28(26-16)19-11-9-17(24)10-12-19)22(29)25-13-6-14-27(2)18-7-4-3-5-8-18/h3-5,7-12,15H,6,13-14H2,1-2H3,(H,25,29). The molecule has 0 bridgehead atoms. The van der Waals surface area contributed by atoms with Crippen LogP contribution >= 0.6 is 11.3 Å². The van der Waals surface area contributed by atoms with Crippen molar-refractivity contribution in [2.75, 3.05) is 25.0 Å². The van der Waals surface area contributed by atoms with Crippen LogP contribution in [0.5, 0.6) is 0 Å². The van der Waals surface area contributed by atoms with Gasteiger partial charge in [0.05, 0.1) is 16.3 Å². The van der Waals surface area contributed by atoms with E-state index in [9.17, 15) is 9.18 Å². The van der Waals surface area contributed by atoms with Crippen LogP contribution in [-0.2, 0) is 0 Å². The summed E-state index contributed by atoms with van der Waals surface area (Å²) in [6.45, 7) is 3.37. The van der Waals surface area contributed by atoms with Gasteiger partial charge in [0.2, 0.25) is 0 Å². The summed E-state index contributed by atoms with van der Waals surface area (Å²) in [5.41, 5.74) is 2.77. The lowest BCUT2D eigenvalue weighted by Crippen LogP contribution is -2.27. The second-order valence-corrected chi connectivity index (χ2v) is 8.20. The largest absolute Gasteiger partial charge is 0.375 e. The van der Waals surface area contributed by atoms with E-state index in [2.05, 4.69) is 27.4 Å². The predicted octanol–water partition coefficient (Wildman–Crippen LogP) is 4.79. The summed E-state index contributed by atoms with van der Waals surface area (Å²) >= 11 is 1.40. The van der Waals surface area contributed by atoms with Crippen LogP contribution in [-0.4, -0.2) is 35.8 Å². The molecule has 1 amide bonds. The highest BCUT2D eigenvalue weighted by Gasteiger charge is 2.17. The van der Waals surface area contributed by atoms with Gasteiger partial charge in [0.15, 0.2) is 0 Å². The number of anilines is 1. The van der Waals surface area contributed by atoms with E-state index in [1.54, 1.807) is 16.8 Å². The average Bonchev–Trinajstić information content (AvgIpc) is 3.33. The van der Waals surface area contributed by atoms with Crippen LogP contribution in [0.4, 0.5) is 10.1 Å². The van der Waals surface area contributed by atoms with Gasteiger partial charge in [-0.05, 0) is 55.8 Å². The Hall–Kier alpha value is -3.19. The number of amides is 1. The van der Waals surface area contributed by atoms with E-state index in [1.807, 2.05) is 38.2 Å². The van der Waals surface area contributed by atoms with Crippen molar-refractivity contribution in [1.82, 2.24) is 15.1 Å². The SMILES string of the molecule is Cc1nn(-c2ccc(F)cc2)c2sc(C(=O)NCCCN(C)c3ccccc3)cc12. The number of rotatable bonds is 7. The summed E-state index contributed by atoms with van der Waals surface area (Å²) in [5.74, 6) is -0.369. The molecule has 1 N–H and O–H groups in total. The molecule has 2 heterocycles. The minimum absolute atomic E-state index is 0.0800. The van der Waals surface area contributed by atoms with E-state index in [0.717, 1.165) is 40.3 Å². The van der Waals surface area contributed by atoms with Crippen molar-refractivity contribution in [2.24, 2.45) is 0 Å². The van der Waals surface area contributed by atoms with Gasteiger partial charge < -0.3 is 10.2 Å². The van der Waals surface area contributed by atoms with E-state index < -0.39 is 0 Å². The Bertz CT molecular complexity index is 1150. The lowest BCUT2D eigenvalue weighted by Gasteiger charge is -2.19. The molecule has 0 unspecified atom stereocenters. The number of fused-ring (bicyclic) bond motifs is 1. The third-order valence-corrected chi connectivity index (χ3v) is 6.10. The van der Waals surface area contributed by atoms with Gasteiger partial charge in [0.1, 0.15) is 10.6 Å². The quantitative estimate of drug-likeness (QED) is 0.436. The Kier molecular flexibility index (Phi) is 5.81. The lowest BCUT2D eigenvalue weighted by molar-refractivity contribution is 0.0957. The number of aromatic nitrogens is 2. The number of nitrogens with one attached hydrogen (secondary N) is 1. The van der Waals surface area contributed by atoms with Crippen LogP contribution in [0, 0.1) is 12.7 Å². The van der Waals surface area contributed by atoms with Crippen LogP contribution < -0.4 is 10.2 Å². The molecule has 0 aliphatic carbocycles. The maximum Gasteiger partial charge on any atom is 0.261 e. The van der Waals surface area contributed by atoms with E-state index in [-0.39, 0.29) is 11.7 Å². The second kappa shape index (κ2) is 8.67. The molecule has 0 fully saturated rings. The van der Waals surface area contributed by atoms with Gasteiger partial charge in [0.25, 0.3) is 5.91 Å². The molecular formula is C23H23FN4OS. The van der Waals surface area contributed by atoms with Crippen LogP contribution in [0.25, 0.3) is 15.9 Å². The van der Waals surface area contributed by atoms with E-state index >= 15 is 0 Å². The first kappa shape index (κ1) is 20.1. The van der Waals surface area contributed by atoms with Crippen LogP contribution in [0.3, 0.4) is 0 Å². The number of hydrogen-bond donors (Lipinski definition) is 1. The van der Waals surface area contributed by atoms with E-state index in [0.29, 0.717) is 11.4 Å². The molecule has 7 heteroatoms. The Labute approximate surface area is 178 Å². The van der Waals surface area contributed by atoms with Gasteiger partial charge in [-0.25, -0.2) is 9.07 Å². The van der Waals surface area contributed by atoms with Gasteiger partial charge >= 0.3 is 0 Å². The first-order valence-corrected chi connectivity index (χ1v) is 10.6. The number of carbonyl (C=O) groups is 1. The summed E-state index contributed by atoms with van der Waals surface area (Å²) in [6, 6.07) is 18.2. The summed E-state index contributed by atoms with van der Waals surface area (Å²) in [6.07, 6.45) is 0.852. The van der Waals surface area contributed by atoms with Gasteiger partial charge in [-0.3, -0.25) is 4.79 Å². The normalized spacial score (nSPS) is 11.0. The fourth-order valence-corrected chi connectivity index (χ4v) is 4.43. The van der Waals surface area contributed by atoms with Crippen molar-refractivity contribution in [1.29, 1.82) is 0 Å². The van der Waals surface area contributed by atoms with Gasteiger partial charge in [-0.1, -0.05) is 18.2 Å². The summed E-state index contributed by atoms with van der Waals surface area (Å²) in [7, 11) is 2.05. The van der Waals surface area contributed by atoms with Gasteiger partial charge in [-0.2, -0.15) is 5.10 Å². The molecule has 0 aliphatic rings. The minimum Gasteiger partial charge on any atom is -0.375 e. The maximum absolute atomic E-state index is 13.2. The van der Waals surface area contributed by atoms with Crippen molar-refractivity contribution in [2.45, 2.75) is 13.3 Å². The number of para-hydroxylation sites is 1. The number of carbonyl (C=O) groups excluding carboxylic acids is 1. The Balaban J connectivity index is 1.40. The van der Waals surface area contributed by atoms with Crippen molar-refractivity contribution < 1.29 is 9.18 Å². The highest BCUT2D eigenvalue weighted by Crippen LogP contribution is 2.30. The molecule has 4 aromatic rings. The summed E-state index contributed by atoms with van der Waals surface area (Å²) in [4.78, 5) is 16.3. The first-order chi connectivity index (χ1) is 14.5. The maximum atomic E-state index is 13.2. The third-order valence-electron chi connectivity index (χ3n) is 4.99. The van der Waals surface area contributed by atoms with E-state index in [1.165, 1.54) is 23.5 Å². The van der Waals surface area contributed by atoms with Gasteiger partial charge in [0, 0.05) is 31.2 Å². The van der Waals surface area contributed by atoms with Crippen LogP contribution in [0.15, 0.2) is 60.7 Å². The minimum atomic E-state index is -0.289. The molecule has 0 spiro atoms. The Morgan fingerprint density at radius 2 is 1.90 bits per heavy atom. The summed E-state index contributed by atoms with van der Waals surface area (Å²) in [5, 5.41) is 8.49. The number of halogens is 1. The topological polar surface area (TPSA) is 50.2 Å². The van der Waals surface area contributed by atoms with Crippen molar-refractivity contribution in [3.8, 4) is 5.69 Å². The molecule has 2 aromatic carbocycles. The third kappa shape index (κ3) is 4.21. The predicted molar refractivity (Wildman–Crippen MR) is 120 cm³/mol. The highest BCUT2D eigenvalue weighted by atomic mass is 32.1. The molecule has 2 aromatic heterocycles. The molecule has 0 saturated carbocycles. The number of benzene rings is 2. The van der Waals surface area contributed by atoms with Crippen molar-refractivity contribution >= 4 is 33.1 Å². The summed E-state index contributed by atoms with van der Waals surface area (Å²) < 4.78 is 15.0. The number of thiophene rings is 1. The molecule has 154 valence electrons. The smallest absolute Gasteiger partial charge is 0.261 e.